The maximum Gasteiger partial charge on any atom is 0.123 e. The first-order valence-electron chi connectivity index (χ1n) is 6.98. The van der Waals surface area contributed by atoms with Crippen LogP contribution in [0.3, 0.4) is 0 Å². The van der Waals surface area contributed by atoms with Gasteiger partial charge in [0.1, 0.15) is 5.82 Å². The fourth-order valence-electron chi connectivity index (χ4n) is 2.91. The molecule has 104 valence electrons. The first-order valence-corrected chi connectivity index (χ1v) is 6.98. The summed E-state index contributed by atoms with van der Waals surface area (Å²) < 4.78 is 13.2. The zero-order chi connectivity index (χ0) is 13.9. The molecule has 3 heteroatoms. The summed E-state index contributed by atoms with van der Waals surface area (Å²) in [6.45, 7) is 2.73. The summed E-state index contributed by atoms with van der Waals surface area (Å²) in [7, 11) is 2.09. The molecule has 1 unspecified atom stereocenters. The van der Waals surface area contributed by atoms with E-state index in [2.05, 4.69) is 41.5 Å². The molecule has 2 aromatic rings. The van der Waals surface area contributed by atoms with Crippen molar-refractivity contribution in [2.45, 2.75) is 12.5 Å². The van der Waals surface area contributed by atoms with Crippen LogP contribution in [0.15, 0.2) is 48.5 Å². The Bertz CT molecular complexity index is 597. The summed E-state index contributed by atoms with van der Waals surface area (Å²) in [6, 6.07) is 15.3. The van der Waals surface area contributed by atoms with Crippen LogP contribution in [0.4, 0.5) is 10.1 Å². The normalized spacial score (nSPS) is 17.1. The van der Waals surface area contributed by atoms with Gasteiger partial charge in [-0.25, -0.2) is 4.39 Å². The van der Waals surface area contributed by atoms with Gasteiger partial charge in [-0.1, -0.05) is 30.3 Å². The van der Waals surface area contributed by atoms with E-state index in [9.17, 15) is 4.39 Å². The minimum Gasteiger partial charge on any atom is -0.384 e. The van der Waals surface area contributed by atoms with Crippen LogP contribution in [-0.2, 0) is 6.54 Å². The molecule has 20 heavy (non-hydrogen) atoms. The van der Waals surface area contributed by atoms with Crippen LogP contribution in [0.2, 0.25) is 0 Å². The van der Waals surface area contributed by atoms with Gasteiger partial charge in [-0.3, -0.25) is 0 Å². The summed E-state index contributed by atoms with van der Waals surface area (Å²) in [5.41, 5.74) is 3.65. The smallest absolute Gasteiger partial charge is 0.123 e. The molecule has 1 N–H and O–H groups in total. The SMILES string of the molecule is CN(Cc1cccc(F)c1)CC1CNc2ccccc21. The van der Waals surface area contributed by atoms with Gasteiger partial charge in [-0.2, -0.15) is 0 Å². The van der Waals surface area contributed by atoms with E-state index in [-0.39, 0.29) is 5.82 Å². The van der Waals surface area contributed by atoms with E-state index in [1.54, 1.807) is 12.1 Å². The maximum absolute atomic E-state index is 13.2. The highest BCUT2D eigenvalue weighted by atomic mass is 19.1. The fraction of sp³-hybridized carbons (Fsp3) is 0.294. The van der Waals surface area contributed by atoms with Gasteiger partial charge < -0.3 is 10.2 Å². The minimum absolute atomic E-state index is 0.163. The van der Waals surface area contributed by atoms with Crippen molar-refractivity contribution in [1.82, 2.24) is 4.90 Å². The number of hydrogen-bond acceptors (Lipinski definition) is 2. The highest BCUT2D eigenvalue weighted by molar-refractivity contribution is 5.57. The second-order valence-corrected chi connectivity index (χ2v) is 5.49. The third-order valence-corrected chi connectivity index (χ3v) is 3.81. The molecule has 2 aromatic carbocycles. The standard InChI is InChI=1S/C17H19FN2/c1-20(11-13-5-4-6-15(18)9-13)12-14-10-19-17-8-3-2-7-16(14)17/h2-9,14,19H,10-12H2,1H3. The quantitative estimate of drug-likeness (QED) is 0.915. The van der Waals surface area contributed by atoms with E-state index < -0.39 is 0 Å². The summed E-state index contributed by atoms with van der Waals surface area (Å²) >= 11 is 0. The van der Waals surface area contributed by atoms with E-state index in [1.807, 2.05) is 6.07 Å². The third kappa shape index (κ3) is 2.83. The number of hydrogen-bond donors (Lipinski definition) is 1. The summed E-state index contributed by atoms with van der Waals surface area (Å²) in [4.78, 5) is 2.25. The van der Waals surface area contributed by atoms with Crippen molar-refractivity contribution in [3.63, 3.8) is 0 Å². The molecule has 0 radical (unpaired) electrons. The molecule has 0 aromatic heterocycles. The van der Waals surface area contributed by atoms with E-state index in [0.29, 0.717) is 5.92 Å². The molecule has 0 spiro atoms. The van der Waals surface area contributed by atoms with Gasteiger partial charge >= 0.3 is 0 Å². The first kappa shape index (κ1) is 13.1. The van der Waals surface area contributed by atoms with Crippen LogP contribution in [0.5, 0.6) is 0 Å². The Morgan fingerprint density at radius 3 is 2.90 bits per heavy atom. The number of likely N-dealkylation sites (N-methyl/N-ethyl adjacent to an activating group) is 1. The van der Waals surface area contributed by atoms with Crippen LogP contribution < -0.4 is 5.32 Å². The molecule has 1 atom stereocenters. The maximum atomic E-state index is 13.2. The van der Waals surface area contributed by atoms with Crippen LogP contribution in [0, 0.1) is 5.82 Å². The molecule has 0 fully saturated rings. The third-order valence-electron chi connectivity index (χ3n) is 3.81. The first-order chi connectivity index (χ1) is 9.72. The second-order valence-electron chi connectivity index (χ2n) is 5.49. The van der Waals surface area contributed by atoms with Gasteiger partial charge in [-0.05, 0) is 36.4 Å². The van der Waals surface area contributed by atoms with Crippen molar-refractivity contribution >= 4 is 5.69 Å². The zero-order valence-electron chi connectivity index (χ0n) is 11.6. The molecule has 1 aliphatic heterocycles. The van der Waals surface area contributed by atoms with Crippen LogP contribution >= 0.6 is 0 Å². The molecule has 0 amide bonds. The molecule has 0 saturated heterocycles. The highest BCUT2D eigenvalue weighted by Crippen LogP contribution is 2.31. The predicted octanol–water partition coefficient (Wildman–Crippen LogP) is 3.47. The Hall–Kier alpha value is -1.87. The lowest BCUT2D eigenvalue weighted by Crippen LogP contribution is -2.25. The Morgan fingerprint density at radius 1 is 1.20 bits per heavy atom. The van der Waals surface area contributed by atoms with Gasteiger partial charge in [0, 0.05) is 31.2 Å². The molecular weight excluding hydrogens is 251 g/mol. The van der Waals surface area contributed by atoms with Crippen molar-refractivity contribution < 1.29 is 4.39 Å². The summed E-state index contributed by atoms with van der Waals surface area (Å²) in [6.07, 6.45) is 0. The average Bonchev–Trinajstić information content (AvgIpc) is 2.82. The molecule has 0 saturated carbocycles. The Morgan fingerprint density at radius 2 is 2.05 bits per heavy atom. The number of fused-ring (bicyclic) bond motifs is 1. The van der Waals surface area contributed by atoms with Gasteiger partial charge in [0.25, 0.3) is 0 Å². The lowest BCUT2D eigenvalue weighted by atomic mass is 10.0. The molecular formula is C17H19FN2. The van der Waals surface area contributed by atoms with Crippen molar-refractivity contribution in [2.24, 2.45) is 0 Å². The zero-order valence-corrected chi connectivity index (χ0v) is 11.6. The molecule has 2 nitrogen and oxygen atoms in total. The number of nitrogens with zero attached hydrogens (tertiary/aromatic N) is 1. The van der Waals surface area contributed by atoms with E-state index in [0.717, 1.165) is 25.2 Å². The van der Waals surface area contributed by atoms with Crippen molar-refractivity contribution in [1.29, 1.82) is 0 Å². The number of rotatable bonds is 4. The Kier molecular flexibility index (Phi) is 3.70. The van der Waals surface area contributed by atoms with E-state index >= 15 is 0 Å². The van der Waals surface area contributed by atoms with E-state index in [4.69, 9.17) is 0 Å². The highest BCUT2D eigenvalue weighted by Gasteiger charge is 2.22. The molecule has 1 heterocycles. The fourth-order valence-corrected chi connectivity index (χ4v) is 2.91. The predicted molar refractivity (Wildman–Crippen MR) is 80.4 cm³/mol. The number of para-hydroxylation sites is 1. The monoisotopic (exact) mass is 270 g/mol. The minimum atomic E-state index is -0.163. The topological polar surface area (TPSA) is 15.3 Å². The van der Waals surface area contributed by atoms with Crippen LogP contribution in [0.1, 0.15) is 17.0 Å². The van der Waals surface area contributed by atoms with Gasteiger partial charge in [-0.15, -0.1) is 0 Å². The second kappa shape index (κ2) is 5.63. The van der Waals surface area contributed by atoms with Crippen molar-refractivity contribution in [3.8, 4) is 0 Å². The number of nitrogens with one attached hydrogen (secondary N) is 1. The largest absolute Gasteiger partial charge is 0.384 e. The molecule has 1 aliphatic rings. The van der Waals surface area contributed by atoms with Gasteiger partial charge in [0.15, 0.2) is 0 Å². The number of benzene rings is 2. The van der Waals surface area contributed by atoms with Crippen LogP contribution in [-0.4, -0.2) is 25.0 Å². The van der Waals surface area contributed by atoms with Crippen molar-refractivity contribution in [2.75, 3.05) is 25.5 Å². The number of anilines is 1. The van der Waals surface area contributed by atoms with Gasteiger partial charge in [0.05, 0.1) is 0 Å². The Labute approximate surface area is 119 Å². The average molecular weight is 270 g/mol. The van der Waals surface area contributed by atoms with Crippen LogP contribution in [0.25, 0.3) is 0 Å². The lowest BCUT2D eigenvalue weighted by Gasteiger charge is -2.21. The lowest BCUT2D eigenvalue weighted by molar-refractivity contribution is 0.309. The molecule has 3 rings (SSSR count). The molecule has 0 bridgehead atoms. The van der Waals surface area contributed by atoms with Crippen molar-refractivity contribution in [3.05, 3.63) is 65.5 Å². The Balaban J connectivity index is 1.64. The summed E-state index contributed by atoms with van der Waals surface area (Å²) in [5, 5.41) is 3.44. The number of halogens is 1. The summed E-state index contributed by atoms with van der Waals surface area (Å²) in [5.74, 6) is 0.341. The van der Waals surface area contributed by atoms with E-state index in [1.165, 1.54) is 17.3 Å². The molecule has 0 aliphatic carbocycles. The van der Waals surface area contributed by atoms with Gasteiger partial charge in [0.2, 0.25) is 0 Å².